The molecular weight excluding hydrogens is 436 g/mol. The maximum absolute atomic E-state index is 12.7. The normalized spacial score (nSPS) is 10.9. The van der Waals surface area contributed by atoms with Crippen LogP contribution in [0.25, 0.3) is 0 Å². The van der Waals surface area contributed by atoms with Crippen LogP contribution in [0.2, 0.25) is 0 Å². The number of hydrogen-bond donors (Lipinski definition) is 0. The molecule has 0 aliphatic carbocycles. The molecule has 1 amide bonds. The lowest BCUT2D eigenvalue weighted by atomic mass is 10.1. The van der Waals surface area contributed by atoms with Crippen LogP contribution in [0.4, 0.5) is 0 Å². The summed E-state index contributed by atoms with van der Waals surface area (Å²) in [6.45, 7) is 1.39. The van der Waals surface area contributed by atoms with Crippen molar-refractivity contribution in [1.29, 1.82) is 0 Å². The molecule has 0 radical (unpaired) electrons. The number of rotatable bonds is 10. The highest BCUT2D eigenvalue weighted by Crippen LogP contribution is 2.22. The third-order valence-electron chi connectivity index (χ3n) is 5.19. The monoisotopic (exact) mass is 462 g/mol. The largest absolute Gasteiger partial charge is 0.341 e. The summed E-state index contributed by atoms with van der Waals surface area (Å²) >= 11 is 3.19. The lowest BCUT2D eigenvalue weighted by Crippen LogP contribution is -2.27. The first-order valence-electron chi connectivity index (χ1n) is 10.6. The predicted octanol–water partition coefficient (Wildman–Crippen LogP) is 4.92. The fraction of sp³-hybridized carbons (Fsp3) is 0.240. The van der Waals surface area contributed by atoms with Gasteiger partial charge in [-0.3, -0.25) is 4.79 Å². The molecule has 5 nitrogen and oxygen atoms in total. The molecule has 0 bridgehead atoms. The highest BCUT2D eigenvalue weighted by molar-refractivity contribution is 7.99. The van der Waals surface area contributed by atoms with Crippen molar-refractivity contribution in [3.63, 3.8) is 0 Å². The second kappa shape index (κ2) is 11.1. The van der Waals surface area contributed by atoms with E-state index in [1.807, 2.05) is 43.4 Å². The van der Waals surface area contributed by atoms with Crippen LogP contribution in [0.3, 0.4) is 0 Å². The van der Waals surface area contributed by atoms with Gasteiger partial charge in [-0.2, -0.15) is 0 Å². The van der Waals surface area contributed by atoms with Crippen molar-refractivity contribution in [2.45, 2.75) is 31.1 Å². The zero-order valence-electron chi connectivity index (χ0n) is 18.1. The summed E-state index contributed by atoms with van der Waals surface area (Å²) < 4.78 is 2.17. The van der Waals surface area contributed by atoms with Gasteiger partial charge in [-0.15, -0.1) is 21.5 Å². The molecule has 0 atom stereocenters. The lowest BCUT2D eigenvalue weighted by Gasteiger charge is -2.17. The molecule has 0 aliphatic rings. The topological polar surface area (TPSA) is 51.0 Å². The molecule has 4 aromatic rings. The first-order chi connectivity index (χ1) is 15.7. The Balaban J connectivity index is 1.43. The molecule has 0 N–H and O–H groups in total. The van der Waals surface area contributed by atoms with Crippen LogP contribution in [0, 0.1) is 0 Å². The average molecular weight is 463 g/mol. The molecule has 2 heterocycles. The van der Waals surface area contributed by atoms with Crippen LogP contribution < -0.4 is 0 Å². The van der Waals surface area contributed by atoms with E-state index in [1.54, 1.807) is 16.2 Å². The third kappa shape index (κ3) is 6.08. The number of hydrogen-bond acceptors (Lipinski definition) is 5. The minimum absolute atomic E-state index is 0.0799. The molecule has 7 heteroatoms. The van der Waals surface area contributed by atoms with Gasteiger partial charge in [-0.1, -0.05) is 78.5 Å². The highest BCUT2D eigenvalue weighted by atomic mass is 32.2. The number of nitrogens with zero attached hydrogens (tertiary/aromatic N) is 4. The van der Waals surface area contributed by atoms with Crippen LogP contribution >= 0.6 is 23.1 Å². The number of thiophene rings is 1. The summed E-state index contributed by atoms with van der Waals surface area (Å²) in [7, 11) is 1.85. The maximum Gasteiger partial charge on any atom is 0.233 e. The summed E-state index contributed by atoms with van der Waals surface area (Å²) in [6, 6.07) is 24.6. The van der Waals surface area contributed by atoms with Crippen molar-refractivity contribution in [1.82, 2.24) is 19.7 Å². The minimum Gasteiger partial charge on any atom is -0.341 e. The molecule has 0 saturated carbocycles. The number of benzene rings is 2. The van der Waals surface area contributed by atoms with Gasteiger partial charge >= 0.3 is 0 Å². The van der Waals surface area contributed by atoms with E-state index in [9.17, 15) is 4.79 Å². The Labute approximate surface area is 197 Å². The van der Waals surface area contributed by atoms with Crippen molar-refractivity contribution < 1.29 is 4.79 Å². The quantitative estimate of drug-likeness (QED) is 0.314. The van der Waals surface area contributed by atoms with Gasteiger partial charge in [0.1, 0.15) is 5.82 Å². The highest BCUT2D eigenvalue weighted by Gasteiger charge is 2.17. The van der Waals surface area contributed by atoms with Gasteiger partial charge in [-0.05, 0) is 29.0 Å². The summed E-state index contributed by atoms with van der Waals surface area (Å²) in [6.07, 6.45) is 1.65. The molecule has 0 fully saturated rings. The van der Waals surface area contributed by atoms with Crippen molar-refractivity contribution >= 4 is 29.0 Å². The van der Waals surface area contributed by atoms with Gasteiger partial charge in [0.15, 0.2) is 5.16 Å². The van der Waals surface area contributed by atoms with E-state index in [-0.39, 0.29) is 5.91 Å². The first-order valence-corrected chi connectivity index (χ1v) is 12.4. The second-order valence-electron chi connectivity index (χ2n) is 7.57. The number of aryl methyl sites for hydroxylation is 1. The van der Waals surface area contributed by atoms with E-state index < -0.39 is 0 Å². The molecule has 4 rings (SSSR count). The van der Waals surface area contributed by atoms with Gasteiger partial charge in [-0.25, -0.2) is 0 Å². The number of thioether (sulfide) groups is 1. The van der Waals surface area contributed by atoms with E-state index in [0.29, 0.717) is 12.3 Å². The van der Waals surface area contributed by atoms with Crippen LogP contribution in [-0.2, 0) is 30.7 Å². The van der Waals surface area contributed by atoms with E-state index in [0.717, 1.165) is 35.9 Å². The number of carbonyl (C=O) groups is 1. The number of carbonyl (C=O) groups excluding carboxylic acids is 1. The van der Waals surface area contributed by atoms with Crippen molar-refractivity contribution in [3.8, 4) is 0 Å². The Kier molecular flexibility index (Phi) is 7.74. The predicted molar refractivity (Wildman–Crippen MR) is 131 cm³/mol. The molecule has 2 aromatic carbocycles. The van der Waals surface area contributed by atoms with Gasteiger partial charge in [0.25, 0.3) is 0 Å². The fourth-order valence-electron chi connectivity index (χ4n) is 3.42. The Morgan fingerprint density at radius 2 is 1.69 bits per heavy atom. The second-order valence-corrected chi connectivity index (χ2v) is 9.54. The Hall–Kier alpha value is -2.90. The summed E-state index contributed by atoms with van der Waals surface area (Å²) in [4.78, 5) is 15.7. The number of aromatic nitrogens is 3. The SMILES string of the molecule is CN(Cc1ccccc1)C(=O)CSc1nnc(Cc2cccs2)n1CCc1ccccc1. The van der Waals surface area contributed by atoms with E-state index in [2.05, 4.69) is 56.5 Å². The third-order valence-corrected chi connectivity index (χ3v) is 7.01. The van der Waals surface area contributed by atoms with E-state index in [1.165, 1.54) is 22.2 Å². The van der Waals surface area contributed by atoms with Crippen LogP contribution in [0.15, 0.2) is 83.3 Å². The molecular formula is C25H26N4OS2. The van der Waals surface area contributed by atoms with Crippen LogP contribution in [0.1, 0.15) is 21.8 Å². The molecule has 2 aromatic heterocycles. The zero-order valence-corrected chi connectivity index (χ0v) is 19.7. The van der Waals surface area contributed by atoms with Gasteiger partial charge in [0.05, 0.1) is 5.75 Å². The van der Waals surface area contributed by atoms with Crippen LogP contribution in [0.5, 0.6) is 0 Å². The van der Waals surface area contributed by atoms with Crippen LogP contribution in [-0.4, -0.2) is 38.4 Å². The van der Waals surface area contributed by atoms with E-state index >= 15 is 0 Å². The Morgan fingerprint density at radius 3 is 2.38 bits per heavy atom. The lowest BCUT2D eigenvalue weighted by molar-refractivity contribution is -0.127. The Morgan fingerprint density at radius 1 is 0.969 bits per heavy atom. The summed E-state index contributed by atoms with van der Waals surface area (Å²) in [5.74, 6) is 1.36. The molecule has 0 unspecified atom stereocenters. The zero-order chi connectivity index (χ0) is 22.2. The molecule has 0 aliphatic heterocycles. The summed E-state index contributed by atoms with van der Waals surface area (Å²) in [5.41, 5.74) is 2.40. The molecule has 0 spiro atoms. The molecule has 0 saturated heterocycles. The van der Waals surface area contributed by atoms with Gasteiger partial charge in [0, 0.05) is 31.4 Å². The maximum atomic E-state index is 12.7. The molecule has 32 heavy (non-hydrogen) atoms. The number of amides is 1. The first kappa shape index (κ1) is 22.3. The Bertz CT molecular complexity index is 1110. The average Bonchev–Trinajstić information content (AvgIpc) is 3.47. The standard InChI is InChI=1S/C25H26N4OS2/c1-28(18-21-11-6-3-7-12-21)24(30)19-32-25-27-26-23(17-22-13-8-16-31-22)29(25)15-14-20-9-4-2-5-10-20/h2-13,16H,14-15,17-19H2,1H3. The van der Waals surface area contributed by atoms with Gasteiger partial charge < -0.3 is 9.47 Å². The van der Waals surface area contributed by atoms with Gasteiger partial charge in [0.2, 0.25) is 5.91 Å². The fourth-order valence-corrected chi connectivity index (χ4v) is 5.04. The smallest absolute Gasteiger partial charge is 0.233 e. The van der Waals surface area contributed by atoms with Crippen molar-refractivity contribution in [2.24, 2.45) is 0 Å². The van der Waals surface area contributed by atoms with E-state index in [4.69, 9.17) is 0 Å². The minimum atomic E-state index is 0.0799. The van der Waals surface area contributed by atoms with Crippen molar-refractivity contribution in [3.05, 3.63) is 100 Å². The molecule has 164 valence electrons. The van der Waals surface area contributed by atoms with Crippen molar-refractivity contribution in [2.75, 3.05) is 12.8 Å². The summed E-state index contributed by atoms with van der Waals surface area (Å²) in [5, 5.41) is 11.8.